The molecule has 0 heterocycles. The average molecular weight is 315 g/mol. The SMILES string of the molecule is CN(Cc1ccccc1F)S(=O)(=O)c1ccc(F)c(F)c1. The first-order valence-electron chi connectivity index (χ1n) is 5.97. The maximum Gasteiger partial charge on any atom is 0.243 e. The molecule has 0 saturated heterocycles. The quantitative estimate of drug-likeness (QED) is 0.870. The Hall–Kier alpha value is -1.86. The van der Waals surface area contributed by atoms with E-state index < -0.39 is 27.5 Å². The van der Waals surface area contributed by atoms with Crippen LogP contribution in [0.3, 0.4) is 0 Å². The number of hydrogen-bond donors (Lipinski definition) is 0. The molecule has 0 fully saturated rings. The summed E-state index contributed by atoms with van der Waals surface area (Å²) in [6.07, 6.45) is 0. The molecule has 0 radical (unpaired) electrons. The molecule has 21 heavy (non-hydrogen) atoms. The third kappa shape index (κ3) is 3.25. The van der Waals surface area contributed by atoms with Gasteiger partial charge in [-0.2, -0.15) is 4.31 Å². The fraction of sp³-hybridized carbons (Fsp3) is 0.143. The molecule has 0 atom stereocenters. The van der Waals surface area contributed by atoms with Crippen molar-refractivity contribution in [3.8, 4) is 0 Å². The number of benzene rings is 2. The molecule has 112 valence electrons. The number of halogens is 3. The molecule has 0 saturated carbocycles. The lowest BCUT2D eigenvalue weighted by Gasteiger charge is -2.17. The van der Waals surface area contributed by atoms with Gasteiger partial charge in [0, 0.05) is 19.2 Å². The Morgan fingerprint density at radius 3 is 2.24 bits per heavy atom. The minimum absolute atomic E-state index is 0.186. The van der Waals surface area contributed by atoms with Gasteiger partial charge in [0.2, 0.25) is 10.0 Å². The van der Waals surface area contributed by atoms with Gasteiger partial charge in [-0.25, -0.2) is 21.6 Å². The van der Waals surface area contributed by atoms with Gasteiger partial charge in [0.1, 0.15) is 5.82 Å². The van der Waals surface area contributed by atoms with Gasteiger partial charge in [0.05, 0.1) is 4.90 Å². The molecule has 0 aliphatic carbocycles. The number of sulfonamides is 1. The van der Waals surface area contributed by atoms with Crippen molar-refractivity contribution < 1.29 is 21.6 Å². The zero-order valence-corrected chi connectivity index (χ0v) is 11.9. The summed E-state index contributed by atoms with van der Waals surface area (Å²) in [5, 5.41) is 0. The molecule has 0 unspecified atom stereocenters. The van der Waals surface area contributed by atoms with Crippen LogP contribution in [0.1, 0.15) is 5.56 Å². The van der Waals surface area contributed by atoms with Gasteiger partial charge < -0.3 is 0 Å². The van der Waals surface area contributed by atoms with Crippen molar-refractivity contribution in [2.24, 2.45) is 0 Å². The summed E-state index contributed by atoms with van der Waals surface area (Å²) in [6, 6.07) is 8.03. The summed E-state index contributed by atoms with van der Waals surface area (Å²) < 4.78 is 64.9. The number of hydrogen-bond acceptors (Lipinski definition) is 2. The predicted molar refractivity (Wildman–Crippen MR) is 71.4 cm³/mol. The maximum absolute atomic E-state index is 13.5. The third-order valence-electron chi connectivity index (χ3n) is 2.95. The Bertz CT molecular complexity index is 763. The molecular weight excluding hydrogens is 303 g/mol. The highest BCUT2D eigenvalue weighted by Gasteiger charge is 2.23. The van der Waals surface area contributed by atoms with E-state index in [1.807, 2.05) is 0 Å². The van der Waals surface area contributed by atoms with Crippen molar-refractivity contribution in [3.63, 3.8) is 0 Å². The molecule has 2 rings (SSSR count). The summed E-state index contributed by atoms with van der Waals surface area (Å²) in [5.41, 5.74) is 0.186. The maximum atomic E-state index is 13.5. The monoisotopic (exact) mass is 315 g/mol. The highest BCUT2D eigenvalue weighted by Crippen LogP contribution is 2.20. The molecule has 0 aromatic heterocycles. The lowest BCUT2D eigenvalue weighted by Crippen LogP contribution is -2.27. The summed E-state index contributed by atoms with van der Waals surface area (Å²) in [6.45, 7) is -0.214. The smallest absolute Gasteiger partial charge is 0.207 e. The zero-order chi connectivity index (χ0) is 15.6. The summed E-state index contributed by atoms with van der Waals surface area (Å²) in [4.78, 5) is -0.389. The Balaban J connectivity index is 2.30. The van der Waals surface area contributed by atoms with Gasteiger partial charge in [-0.05, 0) is 24.3 Å². The van der Waals surface area contributed by atoms with Gasteiger partial charge in [-0.1, -0.05) is 18.2 Å². The average Bonchev–Trinajstić information content (AvgIpc) is 2.44. The first-order valence-corrected chi connectivity index (χ1v) is 7.41. The van der Waals surface area contributed by atoms with Crippen LogP contribution in [-0.2, 0) is 16.6 Å². The van der Waals surface area contributed by atoms with Crippen LogP contribution in [0.2, 0.25) is 0 Å². The van der Waals surface area contributed by atoms with Crippen molar-refractivity contribution in [1.29, 1.82) is 0 Å². The van der Waals surface area contributed by atoms with E-state index in [0.717, 1.165) is 16.4 Å². The Labute approximate surface area is 120 Å². The number of rotatable bonds is 4. The second-order valence-corrected chi connectivity index (χ2v) is 6.47. The van der Waals surface area contributed by atoms with E-state index in [-0.39, 0.29) is 17.0 Å². The van der Waals surface area contributed by atoms with E-state index in [1.165, 1.54) is 25.2 Å². The van der Waals surface area contributed by atoms with Gasteiger partial charge in [0.25, 0.3) is 0 Å². The van der Waals surface area contributed by atoms with E-state index in [2.05, 4.69) is 0 Å². The highest BCUT2D eigenvalue weighted by atomic mass is 32.2. The molecular formula is C14H12F3NO2S. The second-order valence-electron chi connectivity index (χ2n) is 4.43. The van der Waals surface area contributed by atoms with Gasteiger partial charge >= 0.3 is 0 Å². The minimum atomic E-state index is -4.03. The van der Waals surface area contributed by atoms with Crippen LogP contribution in [-0.4, -0.2) is 19.8 Å². The Morgan fingerprint density at radius 1 is 0.952 bits per heavy atom. The first-order chi connectivity index (χ1) is 9.82. The topological polar surface area (TPSA) is 37.4 Å². The van der Waals surface area contributed by atoms with Crippen molar-refractivity contribution in [3.05, 3.63) is 65.5 Å². The lowest BCUT2D eigenvalue weighted by molar-refractivity contribution is 0.454. The molecule has 7 heteroatoms. The summed E-state index contributed by atoms with van der Waals surface area (Å²) in [7, 11) is -2.79. The Morgan fingerprint density at radius 2 is 1.62 bits per heavy atom. The summed E-state index contributed by atoms with van der Waals surface area (Å²) in [5.74, 6) is -2.93. The fourth-order valence-electron chi connectivity index (χ4n) is 1.77. The zero-order valence-electron chi connectivity index (χ0n) is 11.1. The first kappa shape index (κ1) is 15.5. The highest BCUT2D eigenvalue weighted by molar-refractivity contribution is 7.89. The second kappa shape index (κ2) is 5.87. The molecule has 2 aromatic rings. The fourth-order valence-corrected chi connectivity index (χ4v) is 2.93. The van der Waals surface area contributed by atoms with E-state index in [9.17, 15) is 21.6 Å². The van der Waals surface area contributed by atoms with Crippen molar-refractivity contribution in [1.82, 2.24) is 4.31 Å². The lowest BCUT2D eigenvalue weighted by atomic mass is 10.2. The molecule has 0 bridgehead atoms. The van der Waals surface area contributed by atoms with Crippen LogP contribution < -0.4 is 0 Å². The van der Waals surface area contributed by atoms with Gasteiger partial charge in [-0.15, -0.1) is 0 Å². The standard InChI is InChI=1S/C14H12F3NO2S/c1-18(9-10-4-2-3-5-12(10)15)21(19,20)11-6-7-13(16)14(17)8-11/h2-8H,9H2,1H3. The van der Waals surface area contributed by atoms with E-state index in [1.54, 1.807) is 6.07 Å². The van der Waals surface area contributed by atoms with Crippen molar-refractivity contribution in [2.45, 2.75) is 11.4 Å². The molecule has 3 nitrogen and oxygen atoms in total. The Kier molecular flexibility index (Phi) is 4.34. The molecule has 0 amide bonds. The van der Waals surface area contributed by atoms with E-state index in [0.29, 0.717) is 6.07 Å². The minimum Gasteiger partial charge on any atom is -0.207 e. The number of nitrogens with zero attached hydrogens (tertiary/aromatic N) is 1. The molecule has 2 aromatic carbocycles. The van der Waals surface area contributed by atoms with Crippen LogP contribution >= 0.6 is 0 Å². The molecule has 0 spiro atoms. The third-order valence-corrected chi connectivity index (χ3v) is 4.75. The predicted octanol–water partition coefficient (Wildman–Crippen LogP) is 2.92. The van der Waals surface area contributed by atoms with E-state index in [4.69, 9.17) is 0 Å². The van der Waals surface area contributed by atoms with Gasteiger partial charge in [-0.3, -0.25) is 0 Å². The van der Waals surface area contributed by atoms with Crippen LogP contribution in [0.25, 0.3) is 0 Å². The van der Waals surface area contributed by atoms with Crippen LogP contribution in [0, 0.1) is 17.5 Å². The van der Waals surface area contributed by atoms with Crippen LogP contribution in [0.4, 0.5) is 13.2 Å². The van der Waals surface area contributed by atoms with Crippen LogP contribution in [0.5, 0.6) is 0 Å². The normalized spacial score (nSPS) is 11.9. The van der Waals surface area contributed by atoms with Gasteiger partial charge in [0.15, 0.2) is 11.6 Å². The van der Waals surface area contributed by atoms with Crippen molar-refractivity contribution >= 4 is 10.0 Å². The van der Waals surface area contributed by atoms with E-state index >= 15 is 0 Å². The largest absolute Gasteiger partial charge is 0.243 e. The molecule has 0 N–H and O–H groups in total. The molecule has 0 aliphatic heterocycles. The summed E-state index contributed by atoms with van der Waals surface area (Å²) >= 11 is 0. The van der Waals surface area contributed by atoms with Crippen molar-refractivity contribution in [2.75, 3.05) is 7.05 Å². The van der Waals surface area contributed by atoms with Crippen LogP contribution in [0.15, 0.2) is 47.4 Å². The molecule has 0 aliphatic rings.